The molecule has 1 aliphatic heterocycles. The Kier molecular flexibility index (Phi) is 5.01. The highest BCUT2D eigenvalue weighted by Gasteiger charge is 2.26. The van der Waals surface area contributed by atoms with Gasteiger partial charge < -0.3 is 10.2 Å². The van der Waals surface area contributed by atoms with Crippen molar-refractivity contribution in [2.75, 3.05) is 33.2 Å². The van der Waals surface area contributed by atoms with E-state index in [1.165, 1.54) is 25.7 Å². The van der Waals surface area contributed by atoms with Crippen LogP contribution < -0.4 is 5.32 Å². The van der Waals surface area contributed by atoms with Gasteiger partial charge in [-0.25, -0.2) is 0 Å². The van der Waals surface area contributed by atoms with Crippen LogP contribution in [0, 0.1) is 0 Å². The second-order valence-corrected chi connectivity index (χ2v) is 5.78. The third kappa shape index (κ3) is 3.45. The predicted octanol–water partition coefficient (Wildman–Crippen LogP) is 1.07. The zero-order chi connectivity index (χ0) is 13.0. The van der Waals surface area contributed by atoms with E-state index in [9.17, 15) is 4.79 Å². The molecule has 2 aliphatic rings. The molecule has 0 spiro atoms. The summed E-state index contributed by atoms with van der Waals surface area (Å²) in [5, 5.41) is 3.35. The third-order valence-corrected chi connectivity index (χ3v) is 4.51. The van der Waals surface area contributed by atoms with Crippen LogP contribution in [0.3, 0.4) is 0 Å². The number of carbonyl (C=O) groups is 1. The minimum atomic E-state index is 0.327. The first-order chi connectivity index (χ1) is 8.68. The van der Waals surface area contributed by atoms with Crippen LogP contribution in [0.2, 0.25) is 0 Å². The maximum atomic E-state index is 12.3. The lowest BCUT2D eigenvalue weighted by Gasteiger charge is -2.34. The van der Waals surface area contributed by atoms with Crippen LogP contribution in [0.15, 0.2) is 0 Å². The van der Waals surface area contributed by atoms with Gasteiger partial charge in [0.2, 0.25) is 5.91 Å². The smallest absolute Gasteiger partial charge is 0.224 e. The fourth-order valence-corrected chi connectivity index (χ4v) is 3.14. The zero-order valence-electron chi connectivity index (χ0n) is 11.8. The van der Waals surface area contributed by atoms with E-state index < -0.39 is 0 Å². The lowest BCUT2D eigenvalue weighted by molar-refractivity contribution is -0.133. The molecular weight excluding hydrogens is 226 g/mol. The van der Waals surface area contributed by atoms with Crippen molar-refractivity contribution in [3.8, 4) is 0 Å². The van der Waals surface area contributed by atoms with Crippen LogP contribution in [0.5, 0.6) is 0 Å². The maximum absolute atomic E-state index is 12.3. The minimum Gasteiger partial charge on any atom is -0.343 e. The summed E-state index contributed by atoms with van der Waals surface area (Å²) in [7, 11) is 1.99. The van der Waals surface area contributed by atoms with Crippen molar-refractivity contribution in [3.63, 3.8) is 0 Å². The lowest BCUT2D eigenvalue weighted by Crippen LogP contribution is -2.49. The highest BCUT2D eigenvalue weighted by molar-refractivity contribution is 5.76. The Morgan fingerprint density at radius 2 is 1.94 bits per heavy atom. The first-order valence-corrected chi connectivity index (χ1v) is 7.39. The average Bonchev–Trinajstić information content (AvgIpc) is 2.92. The normalized spacial score (nSPS) is 24.1. The Balaban J connectivity index is 1.78. The minimum absolute atomic E-state index is 0.327. The van der Waals surface area contributed by atoms with E-state index in [2.05, 4.69) is 17.1 Å². The molecule has 1 unspecified atom stereocenters. The molecule has 2 rings (SSSR count). The van der Waals surface area contributed by atoms with Gasteiger partial charge >= 0.3 is 0 Å². The molecule has 1 heterocycles. The van der Waals surface area contributed by atoms with Gasteiger partial charge in [-0.1, -0.05) is 12.8 Å². The van der Waals surface area contributed by atoms with Crippen molar-refractivity contribution in [1.29, 1.82) is 0 Å². The summed E-state index contributed by atoms with van der Waals surface area (Å²) < 4.78 is 0. The van der Waals surface area contributed by atoms with Crippen molar-refractivity contribution >= 4 is 5.91 Å². The van der Waals surface area contributed by atoms with E-state index in [1.807, 2.05) is 11.9 Å². The summed E-state index contributed by atoms with van der Waals surface area (Å²) in [4.78, 5) is 16.7. The van der Waals surface area contributed by atoms with Gasteiger partial charge in [-0.2, -0.15) is 0 Å². The number of piperazine rings is 1. The van der Waals surface area contributed by atoms with E-state index in [0.29, 0.717) is 24.4 Å². The number of nitrogens with zero attached hydrogens (tertiary/aromatic N) is 2. The van der Waals surface area contributed by atoms with Crippen LogP contribution >= 0.6 is 0 Å². The molecular formula is C14H27N3O. The molecule has 104 valence electrons. The second-order valence-electron chi connectivity index (χ2n) is 5.78. The van der Waals surface area contributed by atoms with E-state index >= 15 is 0 Å². The van der Waals surface area contributed by atoms with Gasteiger partial charge in [0.1, 0.15) is 0 Å². The summed E-state index contributed by atoms with van der Waals surface area (Å²) in [5.74, 6) is 0.327. The number of carbonyl (C=O) groups excluding carboxylic acids is 1. The number of hydrogen-bond acceptors (Lipinski definition) is 3. The fraction of sp³-hybridized carbons (Fsp3) is 0.929. The van der Waals surface area contributed by atoms with Gasteiger partial charge in [0, 0.05) is 51.7 Å². The molecule has 2 fully saturated rings. The lowest BCUT2D eigenvalue weighted by atomic mass is 10.1. The number of rotatable bonds is 4. The Bertz CT molecular complexity index is 270. The second kappa shape index (κ2) is 6.53. The molecule has 0 bridgehead atoms. The number of hydrogen-bond donors (Lipinski definition) is 1. The van der Waals surface area contributed by atoms with Crippen LogP contribution in [-0.2, 0) is 4.79 Å². The standard InChI is InChI=1S/C14H27N3O/c1-12(17-9-7-15-8-10-17)11-14(18)16(2)13-5-3-4-6-13/h12-13,15H,3-11H2,1-2H3. The molecule has 4 nitrogen and oxygen atoms in total. The summed E-state index contributed by atoms with van der Waals surface area (Å²) in [5.41, 5.74) is 0. The van der Waals surface area contributed by atoms with E-state index in [-0.39, 0.29) is 0 Å². The van der Waals surface area contributed by atoms with Crippen molar-refractivity contribution < 1.29 is 4.79 Å². The molecule has 1 saturated heterocycles. The number of amides is 1. The Hall–Kier alpha value is -0.610. The van der Waals surface area contributed by atoms with Gasteiger partial charge in [-0.15, -0.1) is 0 Å². The average molecular weight is 253 g/mol. The molecule has 0 aromatic heterocycles. The molecule has 1 atom stereocenters. The topological polar surface area (TPSA) is 35.6 Å². The molecule has 18 heavy (non-hydrogen) atoms. The molecule has 4 heteroatoms. The molecule has 1 aliphatic carbocycles. The quantitative estimate of drug-likeness (QED) is 0.814. The van der Waals surface area contributed by atoms with E-state index in [4.69, 9.17) is 0 Å². The van der Waals surface area contributed by atoms with Gasteiger partial charge in [-0.05, 0) is 19.8 Å². The molecule has 0 aromatic carbocycles. The summed E-state index contributed by atoms with van der Waals surface area (Å²) in [6.45, 7) is 6.43. The van der Waals surface area contributed by atoms with Crippen molar-refractivity contribution in [3.05, 3.63) is 0 Å². The van der Waals surface area contributed by atoms with Crippen molar-refractivity contribution in [1.82, 2.24) is 15.1 Å². The molecule has 1 N–H and O–H groups in total. The van der Waals surface area contributed by atoms with Crippen LogP contribution in [0.25, 0.3) is 0 Å². The fourth-order valence-electron chi connectivity index (χ4n) is 3.14. The van der Waals surface area contributed by atoms with Crippen LogP contribution in [0.1, 0.15) is 39.0 Å². The Morgan fingerprint density at radius 1 is 1.33 bits per heavy atom. The Morgan fingerprint density at radius 3 is 2.56 bits per heavy atom. The third-order valence-electron chi connectivity index (χ3n) is 4.51. The van der Waals surface area contributed by atoms with E-state index in [0.717, 1.165) is 26.2 Å². The largest absolute Gasteiger partial charge is 0.343 e. The molecule has 1 amide bonds. The zero-order valence-corrected chi connectivity index (χ0v) is 11.8. The highest BCUT2D eigenvalue weighted by Crippen LogP contribution is 2.23. The molecule has 0 aromatic rings. The molecule has 1 saturated carbocycles. The van der Waals surface area contributed by atoms with Crippen molar-refractivity contribution in [2.24, 2.45) is 0 Å². The van der Waals surface area contributed by atoms with Gasteiger partial charge in [0.05, 0.1) is 0 Å². The first-order valence-electron chi connectivity index (χ1n) is 7.39. The van der Waals surface area contributed by atoms with Crippen LogP contribution in [-0.4, -0.2) is 61.0 Å². The van der Waals surface area contributed by atoms with Gasteiger partial charge in [0.15, 0.2) is 0 Å². The maximum Gasteiger partial charge on any atom is 0.224 e. The predicted molar refractivity (Wildman–Crippen MR) is 73.5 cm³/mol. The van der Waals surface area contributed by atoms with Gasteiger partial charge in [-0.3, -0.25) is 9.69 Å². The van der Waals surface area contributed by atoms with E-state index in [1.54, 1.807) is 0 Å². The van der Waals surface area contributed by atoms with Gasteiger partial charge in [0.25, 0.3) is 0 Å². The molecule has 0 radical (unpaired) electrons. The summed E-state index contributed by atoms with van der Waals surface area (Å²) >= 11 is 0. The SMILES string of the molecule is CC(CC(=O)N(C)C1CCCC1)N1CCNCC1. The summed E-state index contributed by atoms with van der Waals surface area (Å²) in [6.07, 6.45) is 5.65. The number of nitrogens with one attached hydrogen (secondary N) is 1. The van der Waals surface area contributed by atoms with Crippen molar-refractivity contribution in [2.45, 2.75) is 51.1 Å². The monoisotopic (exact) mass is 253 g/mol. The van der Waals surface area contributed by atoms with Crippen LogP contribution in [0.4, 0.5) is 0 Å². The summed E-state index contributed by atoms with van der Waals surface area (Å²) in [6, 6.07) is 0.885. The highest BCUT2D eigenvalue weighted by atomic mass is 16.2. The first kappa shape index (κ1) is 13.8. The Labute approximate surface area is 111 Å².